The fourth-order valence-corrected chi connectivity index (χ4v) is 3.20. The molecule has 1 aliphatic rings. The molecule has 2 aromatic rings. The summed E-state index contributed by atoms with van der Waals surface area (Å²) in [6.07, 6.45) is 1.69. The van der Waals surface area contributed by atoms with Crippen molar-refractivity contribution in [3.63, 3.8) is 0 Å². The summed E-state index contributed by atoms with van der Waals surface area (Å²) in [5, 5.41) is 3.04. The molecule has 25 heavy (non-hydrogen) atoms. The number of ether oxygens (including phenoxy) is 2. The second kappa shape index (κ2) is 7.47. The van der Waals surface area contributed by atoms with E-state index in [0.717, 1.165) is 35.4 Å². The van der Waals surface area contributed by atoms with Gasteiger partial charge >= 0.3 is 6.03 Å². The third kappa shape index (κ3) is 3.55. The predicted molar refractivity (Wildman–Crippen MR) is 98.5 cm³/mol. The number of carbonyl (C=O) groups is 1. The molecule has 2 amide bonds. The van der Waals surface area contributed by atoms with Crippen LogP contribution in [0, 0.1) is 0 Å². The number of nitrogens with zero attached hydrogens (tertiary/aromatic N) is 1. The van der Waals surface area contributed by atoms with E-state index in [-0.39, 0.29) is 6.03 Å². The van der Waals surface area contributed by atoms with Gasteiger partial charge in [-0.25, -0.2) is 4.79 Å². The van der Waals surface area contributed by atoms with Crippen LogP contribution in [0.5, 0.6) is 11.5 Å². The van der Waals surface area contributed by atoms with Gasteiger partial charge in [0.25, 0.3) is 0 Å². The Hall–Kier alpha value is -2.69. The van der Waals surface area contributed by atoms with Gasteiger partial charge in [0, 0.05) is 18.8 Å². The van der Waals surface area contributed by atoms with Crippen LogP contribution in [0.15, 0.2) is 36.4 Å². The van der Waals surface area contributed by atoms with Crippen LogP contribution < -0.4 is 14.8 Å². The first-order valence-corrected chi connectivity index (χ1v) is 8.53. The number of methoxy groups -OCH3 is 2. The molecule has 2 aromatic carbocycles. The summed E-state index contributed by atoms with van der Waals surface area (Å²) >= 11 is 0. The van der Waals surface area contributed by atoms with Crippen molar-refractivity contribution in [1.82, 2.24) is 4.90 Å². The molecule has 1 aliphatic heterocycles. The zero-order chi connectivity index (χ0) is 17.8. The first-order chi connectivity index (χ1) is 12.2. The third-order valence-electron chi connectivity index (χ3n) is 4.65. The smallest absolute Gasteiger partial charge is 0.322 e. The van der Waals surface area contributed by atoms with Crippen molar-refractivity contribution in [3.05, 3.63) is 53.1 Å². The Kier molecular flexibility index (Phi) is 5.12. The van der Waals surface area contributed by atoms with E-state index in [1.165, 1.54) is 5.56 Å². The Morgan fingerprint density at radius 2 is 1.80 bits per heavy atom. The summed E-state index contributed by atoms with van der Waals surface area (Å²) in [5.74, 6) is 1.43. The lowest BCUT2D eigenvalue weighted by Gasteiger charge is -2.30. The Labute approximate surface area is 148 Å². The molecular formula is C20H24N2O3. The van der Waals surface area contributed by atoms with Crippen LogP contribution >= 0.6 is 0 Å². The van der Waals surface area contributed by atoms with Crippen molar-refractivity contribution >= 4 is 11.7 Å². The van der Waals surface area contributed by atoms with Crippen LogP contribution in [0.2, 0.25) is 0 Å². The zero-order valence-electron chi connectivity index (χ0n) is 15.0. The van der Waals surface area contributed by atoms with Crippen molar-refractivity contribution in [2.24, 2.45) is 0 Å². The fourth-order valence-electron chi connectivity index (χ4n) is 3.20. The van der Waals surface area contributed by atoms with Crippen LogP contribution in [0.4, 0.5) is 10.5 Å². The molecule has 0 saturated carbocycles. The number of fused-ring (bicyclic) bond motifs is 1. The molecule has 0 aliphatic carbocycles. The first-order valence-electron chi connectivity index (χ1n) is 8.53. The van der Waals surface area contributed by atoms with E-state index >= 15 is 0 Å². The minimum atomic E-state index is -0.0682. The Morgan fingerprint density at radius 1 is 1.12 bits per heavy atom. The van der Waals surface area contributed by atoms with Crippen LogP contribution in [0.3, 0.4) is 0 Å². The number of rotatable bonds is 4. The van der Waals surface area contributed by atoms with E-state index in [0.29, 0.717) is 18.8 Å². The molecule has 1 heterocycles. The summed E-state index contributed by atoms with van der Waals surface area (Å²) in [4.78, 5) is 14.5. The molecular weight excluding hydrogens is 316 g/mol. The maximum atomic E-state index is 12.7. The van der Waals surface area contributed by atoms with Crippen LogP contribution in [0.1, 0.15) is 23.6 Å². The topological polar surface area (TPSA) is 50.8 Å². The van der Waals surface area contributed by atoms with E-state index < -0.39 is 0 Å². The number of hydrogen-bond acceptors (Lipinski definition) is 3. The quantitative estimate of drug-likeness (QED) is 0.919. The number of benzene rings is 2. The molecule has 0 unspecified atom stereocenters. The van der Waals surface area contributed by atoms with Gasteiger partial charge in [-0.2, -0.15) is 0 Å². The molecule has 0 saturated heterocycles. The van der Waals surface area contributed by atoms with Gasteiger partial charge in [0.15, 0.2) is 11.5 Å². The van der Waals surface area contributed by atoms with Gasteiger partial charge in [-0.05, 0) is 47.7 Å². The van der Waals surface area contributed by atoms with E-state index in [9.17, 15) is 4.79 Å². The van der Waals surface area contributed by atoms with Gasteiger partial charge in [-0.1, -0.05) is 25.1 Å². The van der Waals surface area contributed by atoms with E-state index in [2.05, 4.69) is 12.2 Å². The molecule has 3 rings (SSSR count). The highest BCUT2D eigenvalue weighted by Crippen LogP contribution is 2.33. The van der Waals surface area contributed by atoms with Crippen LogP contribution in [-0.2, 0) is 19.4 Å². The molecule has 5 heteroatoms. The number of carbonyl (C=O) groups excluding carboxylic acids is 1. The lowest BCUT2D eigenvalue weighted by molar-refractivity contribution is 0.206. The lowest BCUT2D eigenvalue weighted by Crippen LogP contribution is -2.39. The highest BCUT2D eigenvalue weighted by atomic mass is 16.5. The summed E-state index contributed by atoms with van der Waals surface area (Å²) in [5.41, 5.74) is 4.33. The van der Waals surface area contributed by atoms with E-state index in [1.54, 1.807) is 14.2 Å². The molecule has 0 bridgehead atoms. The number of amides is 2. The average Bonchev–Trinajstić information content (AvgIpc) is 2.66. The summed E-state index contributed by atoms with van der Waals surface area (Å²) in [6, 6.07) is 11.8. The van der Waals surface area contributed by atoms with Gasteiger partial charge < -0.3 is 19.7 Å². The number of urea groups is 1. The fraction of sp³-hybridized carbons (Fsp3) is 0.350. The maximum absolute atomic E-state index is 12.7. The number of anilines is 1. The largest absolute Gasteiger partial charge is 0.493 e. The Balaban J connectivity index is 1.77. The van der Waals surface area contributed by atoms with E-state index in [4.69, 9.17) is 9.47 Å². The second-order valence-electron chi connectivity index (χ2n) is 6.09. The van der Waals surface area contributed by atoms with Crippen LogP contribution in [0.25, 0.3) is 0 Å². The van der Waals surface area contributed by atoms with Gasteiger partial charge in [-0.3, -0.25) is 0 Å². The predicted octanol–water partition coefficient (Wildman–Crippen LogP) is 3.86. The molecule has 5 nitrogen and oxygen atoms in total. The summed E-state index contributed by atoms with van der Waals surface area (Å²) < 4.78 is 10.7. The van der Waals surface area contributed by atoms with Crippen molar-refractivity contribution in [3.8, 4) is 11.5 Å². The molecule has 0 atom stereocenters. The van der Waals surface area contributed by atoms with Crippen molar-refractivity contribution in [2.75, 3.05) is 26.1 Å². The molecule has 0 spiro atoms. The normalized spacial score (nSPS) is 13.2. The maximum Gasteiger partial charge on any atom is 0.322 e. The number of nitrogens with one attached hydrogen (secondary N) is 1. The first kappa shape index (κ1) is 17.1. The number of para-hydroxylation sites is 1. The molecule has 0 radical (unpaired) electrons. The standard InChI is InChI=1S/C20H24N2O3/c1-4-14-7-5-6-8-17(14)21-20(23)22-10-9-15-11-18(24-2)19(25-3)12-16(15)13-22/h5-8,11-12H,4,9-10,13H2,1-3H3,(H,21,23). The Morgan fingerprint density at radius 3 is 2.48 bits per heavy atom. The minimum Gasteiger partial charge on any atom is -0.493 e. The highest BCUT2D eigenvalue weighted by Gasteiger charge is 2.23. The molecule has 0 aromatic heterocycles. The number of aryl methyl sites for hydroxylation is 1. The second-order valence-corrected chi connectivity index (χ2v) is 6.09. The Bertz CT molecular complexity index is 774. The van der Waals surface area contributed by atoms with Gasteiger partial charge in [-0.15, -0.1) is 0 Å². The van der Waals surface area contributed by atoms with E-state index in [1.807, 2.05) is 41.3 Å². The molecule has 132 valence electrons. The number of hydrogen-bond donors (Lipinski definition) is 1. The van der Waals surface area contributed by atoms with Crippen molar-refractivity contribution < 1.29 is 14.3 Å². The van der Waals surface area contributed by atoms with Gasteiger partial charge in [0.1, 0.15) is 0 Å². The summed E-state index contributed by atoms with van der Waals surface area (Å²) in [6.45, 7) is 3.33. The minimum absolute atomic E-state index is 0.0682. The van der Waals surface area contributed by atoms with Crippen LogP contribution in [-0.4, -0.2) is 31.7 Å². The average molecular weight is 340 g/mol. The van der Waals surface area contributed by atoms with Crippen molar-refractivity contribution in [2.45, 2.75) is 26.3 Å². The molecule has 1 N–H and O–H groups in total. The zero-order valence-corrected chi connectivity index (χ0v) is 15.0. The molecule has 0 fully saturated rings. The van der Waals surface area contributed by atoms with Gasteiger partial charge in [0.05, 0.1) is 14.2 Å². The SMILES string of the molecule is CCc1ccccc1NC(=O)N1CCc2cc(OC)c(OC)cc2C1. The third-order valence-corrected chi connectivity index (χ3v) is 4.65. The lowest BCUT2D eigenvalue weighted by atomic mass is 9.99. The monoisotopic (exact) mass is 340 g/mol. The highest BCUT2D eigenvalue weighted by molar-refractivity contribution is 5.90. The van der Waals surface area contributed by atoms with Crippen molar-refractivity contribution in [1.29, 1.82) is 0 Å². The van der Waals surface area contributed by atoms with Gasteiger partial charge in [0.2, 0.25) is 0 Å². The summed E-state index contributed by atoms with van der Waals surface area (Å²) in [7, 11) is 3.26.